The average Bonchev–Trinajstić information content (AvgIpc) is 2.95. The fraction of sp³-hybridized carbons (Fsp3) is 0.588. The van der Waals surface area contributed by atoms with Gasteiger partial charge in [-0.2, -0.15) is 0 Å². The predicted octanol–water partition coefficient (Wildman–Crippen LogP) is 2.84. The van der Waals surface area contributed by atoms with Gasteiger partial charge in [0.15, 0.2) is 0 Å². The van der Waals surface area contributed by atoms with E-state index in [2.05, 4.69) is 17.4 Å². The number of nitrogens with two attached hydrogens (primary N) is 1. The van der Waals surface area contributed by atoms with E-state index in [4.69, 9.17) is 5.73 Å². The second-order valence-electron chi connectivity index (χ2n) is 6.20. The fourth-order valence-corrected chi connectivity index (χ4v) is 3.64. The molecule has 2 unspecified atom stereocenters. The van der Waals surface area contributed by atoms with Gasteiger partial charge in [-0.15, -0.1) is 12.4 Å². The minimum Gasteiger partial charge on any atom is -0.349 e. The Bertz CT molecular complexity index is 504. The molecule has 2 atom stereocenters. The molecule has 3 nitrogen and oxygen atoms in total. The van der Waals surface area contributed by atoms with Crippen molar-refractivity contribution < 1.29 is 4.79 Å². The summed E-state index contributed by atoms with van der Waals surface area (Å²) in [4.78, 5) is 12.4. The minimum atomic E-state index is 0. The van der Waals surface area contributed by atoms with Crippen LogP contribution in [0, 0.1) is 5.92 Å². The molecule has 3 rings (SSSR count). The summed E-state index contributed by atoms with van der Waals surface area (Å²) in [5, 5.41) is 3.21. The molecule has 21 heavy (non-hydrogen) atoms. The van der Waals surface area contributed by atoms with Crippen LogP contribution in [0.15, 0.2) is 18.2 Å². The van der Waals surface area contributed by atoms with E-state index in [0.29, 0.717) is 12.5 Å². The van der Waals surface area contributed by atoms with Gasteiger partial charge in [-0.3, -0.25) is 4.79 Å². The lowest BCUT2D eigenvalue weighted by molar-refractivity contribution is 0.0908. The first-order chi connectivity index (χ1) is 9.78. The van der Waals surface area contributed by atoms with E-state index in [0.717, 1.165) is 31.2 Å². The Kier molecular flexibility index (Phi) is 5.65. The summed E-state index contributed by atoms with van der Waals surface area (Å²) in [6, 6.07) is 6.44. The molecule has 1 fully saturated rings. The highest BCUT2D eigenvalue weighted by Crippen LogP contribution is 2.25. The number of nitrogens with one attached hydrogen (secondary N) is 1. The number of fused-ring (bicyclic) bond motifs is 1. The quantitative estimate of drug-likeness (QED) is 0.902. The average molecular weight is 309 g/mol. The first-order valence-corrected chi connectivity index (χ1v) is 7.90. The second kappa shape index (κ2) is 7.28. The molecule has 0 radical (unpaired) electrons. The molecule has 1 aromatic carbocycles. The summed E-state index contributed by atoms with van der Waals surface area (Å²) in [5.41, 5.74) is 9.42. The Labute approximate surface area is 133 Å². The van der Waals surface area contributed by atoms with Crippen LogP contribution in [0.5, 0.6) is 0 Å². The summed E-state index contributed by atoms with van der Waals surface area (Å²) in [5.74, 6) is 0.521. The van der Waals surface area contributed by atoms with Crippen LogP contribution in [0.4, 0.5) is 0 Å². The van der Waals surface area contributed by atoms with E-state index >= 15 is 0 Å². The minimum absolute atomic E-state index is 0. The molecule has 0 saturated heterocycles. The summed E-state index contributed by atoms with van der Waals surface area (Å²) in [7, 11) is 0. The van der Waals surface area contributed by atoms with E-state index < -0.39 is 0 Å². The Hall–Kier alpha value is -1.06. The van der Waals surface area contributed by atoms with E-state index in [1.165, 1.54) is 30.4 Å². The molecule has 2 aliphatic carbocycles. The Morgan fingerprint density at radius 2 is 1.90 bits per heavy atom. The lowest BCUT2D eigenvalue weighted by atomic mass is 9.84. The monoisotopic (exact) mass is 308 g/mol. The van der Waals surface area contributed by atoms with Crippen LogP contribution in [0.2, 0.25) is 0 Å². The summed E-state index contributed by atoms with van der Waals surface area (Å²) in [6.07, 6.45) is 8.15. The van der Waals surface area contributed by atoms with Crippen molar-refractivity contribution in [2.75, 3.05) is 6.54 Å². The molecule has 0 heterocycles. The van der Waals surface area contributed by atoms with Gasteiger partial charge in [0, 0.05) is 11.6 Å². The molecule has 0 aromatic heterocycles. The van der Waals surface area contributed by atoms with Crippen molar-refractivity contribution in [2.24, 2.45) is 11.7 Å². The maximum absolute atomic E-state index is 12.4. The topological polar surface area (TPSA) is 55.1 Å². The lowest BCUT2D eigenvalue weighted by Gasteiger charge is -2.31. The molecular weight excluding hydrogens is 284 g/mol. The molecule has 3 N–H and O–H groups in total. The smallest absolute Gasteiger partial charge is 0.251 e. The van der Waals surface area contributed by atoms with Gasteiger partial charge >= 0.3 is 0 Å². The number of aryl methyl sites for hydroxylation is 2. The van der Waals surface area contributed by atoms with Gasteiger partial charge in [-0.05, 0) is 67.8 Å². The predicted molar refractivity (Wildman–Crippen MR) is 88.0 cm³/mol. The second-order valence-corrected chi connectivity index (χ2v) is 6.20. The summed E-state index contributed by atoms with van der Waals surface area (Å²) in [6.45, 7) is 0.676. The van der Waals surface area contributed by atoms with Crippen molar-refractivity contribution in [1.82, 2.24) is 5.32 Å². The maximum atomic E-state index is 12.4. The molecule has 2 aliphatic rings. The summed E-state index contributed by atoms with van der Waals surface area (Å²) >= 11 is 0. The number of hydrogen-bond acceptors (Lipinski definition) is 2. The highest BCUT2D eigenvalue weighted by molar-refractivity contribution is 5.94. The van der Waals surface area contributed by atoms with Crippen LogP contribution in [-0.2, 0) is 12.8 Å². The molecule has 4 heteroatoms. The van der Waals surface area contributed by atoms with Gasteiger partial charge < -0.3 is 11.1 Å². The third kappa shape index (κ3) is 3.58. The Morgan fingerprint density at radius 3 is 2.71 bits per heavy atom. The first-order valence-electron chi connectivity index (χ1n) is 7.90. The van der Waals surface area contributed by atoms with E-state index in [1.807, 2.05) is 6.07 Å². The van der Waals surface area contributed by atoms with Crippen LogP contribution < -0.4 is 11.1 Å². The number of rotatable bonds is 3. The van der Waals surface area contributed by atoms with Gasteiger partial charge in [-0.1, -0.05) is 18.9 Å². The highest BCUT2D eigenvalue weighted by atomic mass is 35.5. The van der Waals surface area contributed by atoms with Gasteiger partial charge in [0.25, 0.3) is 5.91 Å². The van der Waals surface area contributed by atoms with Crippen LogP contribution in [0.25, 0.3) is 0 Å². The molecule has 1 amide bonds. The Morgan fingerprint density at radius 1 is 1.14 bits per heavy atom. The normalized spacial score (nSPS) is 24.0. The van der Waals surface area contributed by atoms with E-state index in [9.17, 15) is 4.79 Å². The molecule has 0 aliphatic heterocycles. The third-order valence-corrected chi connectivity index (χ3v) is 4.89. The van der Waals surface area contributed by atoms with Crippen LogP contribution >= 0.6 is 12.4 Å². The van der Waals surface area contributed by atoms with Gasteiger partial charge in [0.2, 0.25) is 0 Å². The highest BCUT2D eigenvalue weighted by Gasteiger charge is 2.26. The first kappa shape index (κ1) is 16.3. The summed E-state index contributed by atoms with van der Waals surface area (Å²) < 4.78 is 0. The number of carbonyl (C=O) groups excluding carboxylic acids is 1. The van der Waals surface area contributed by atoms with E-state index in [-0.39, 0.29) is 24.4 Å². The zero-order chi connectivity index (χ0) is 13.9. The maximum Gasteiger partial charge on any atom is 0.251 e. The van der Waals surface area contributed by atoms with Crippen molar-refractivity contribution in [2.45, 2.75) is 51.0 Å². The molecule has 0 bridgehead atoms. The molecule has 1 aromatic rings. The van der Waals surface area contributed by atoms with E-state index in [1.54, 1.807) is 0 Å². The van der Waals surface area contributed by atoms with Crippen molar-refractivity contribution in [3.63, 3.8) is 0 Å². The number of benzene rings is 1. The molecule has 0 spiro atoms. The molecular formula is C17H25ClN2O. The zero-order valence-corrected chi connectivity index (χ0v) is 13.3. The largest absolute Gasteiger partial charge is 0.349 e. The van der Waals surface area contributed by atoms with Gasteiger partial charge in [-0.25, -0.2) is 0 Å². The molecule has 1 saturated carbocycles. The SMILES string of the molecule is Cl.NCC1CCCCC1NC(=O)c1ccc2c(c1)CCC2. The van der Waals surface area contributed by atoms with Crippen LogP contribution in [0.3, 0.4) is 0 Å². The van der Waals surface area contributed by atoms with Gasteiger partial charge in [0.1, 0.15) is 0 Å². The van der Waals surface area contributed by atoms with Crippen molar-refractivity contribution in [3.05, 3.63) is 34.9 Å². The third-order valence-electron chi connectivity index (χ3n) is 4.89. The number of hydrogen-bond donors (Lipinski definition) is 2. The molecule has 116 valence electrons. The Balaban J connectivity index is 0.00000161. The van der Waals surface area contributed by atoms with Crippen LogP contribution in [0.1, 0.15) is 53.6 Å². The van der Waals surface area contributed by atoms with Crippen molar-refractivity contribution in [1.29, 1.82) is 0 Å². The van der Waals surface area contributed by atoms with Crippen LogP contribution in [-0.4, -0.2) is 18.5 Å². The number of carbonyl (C=O) groups is 1. The number of halogens is 1. The lowest BCUT2D eigenvalue weighted by Crippen LogP contribution is -2.44. The number of amides is 1. The van der Waals surface area contributed by atoms with Crippen molar-refractivity contribution >= 4 is 18.3 Å². The fourth-order valence-electron chi connectivity index (χ4n) is 3.64. The van der Waals surface area contributed by atoms with Gasteiger partial charge in [0.05, 0.1) is 0 Å². The van der Waals surface area contributed by atoms with Crippen molar-refractivity contribution in [3.8, 4) is 0 Å². The standard InChI is InChI=1S/C17H24N2O.ClH/c18-11-15-4-1-2-7-16(15)19-17(20)14-9-8-12-5-3-6-13(12)10-14;/h8-10,15-16H,1-7,11,18H2,(H,19,20);1H. The zero-order valence-electron chi connectivity index (χ0n) is 12.4.